The summed E-state index contributed by atoms with van der Waals surface area (Å²) >= 11 is 0. The van der Waals surface area contributed by atoms with Gasteiger partial charge < -0.3 is 21.3 Å². The first kappa shape index (κ1) is 27.5. The smallest absolute Gasteiger partial charge is 0.383 e. The van der Waals surface area contributed by atoms with Gasteiger partial charge in [0.05, 0.1) is 6.42 Å². The van der Waals surface area contributed by atoms with Crippen molar-refractivity contribution in [1.82, 2.24) is 14.9 Å². The summed E-state index contributed by atoms with van der Waals surface area (Å²) in [4.78, 5) is 24.2. The molecular weight excluding hydrogens is 510 g/mol. The maximum Gasteiger partial charge on any atom is 0.410 e. The molecule has 1 atom stereocenters. The quantitative estimate of drug-likeness (QED) is 0.386. The van der Waals surface area contributed by atoms with Gasteiger partial charge in [-0.05, 0) is 26.3 Å². The van der Waals surface area contributed by atoms with Gasteiger partial charge in [-0.25, -0.2) is 4.68 Å². The summed E-state index contributed by atoms with van der Waals surface area (Å²) in [5.41, 5.74) is 8.82. The molecular formula is C22H22F6N6O3. The zero-order chi connectivity index (χ0) is 27.9. The highest BCUT2D eigenvalue weighted by molar-refractivity contribution is 6.03. The van der Waals surface area contributed by atoms with E-state index in [1.54, 1.807) is 0 Å². The van der Waals surface area contributed by atoms with Crippen molar-refractivity contribution in [2.24, 2.45) is 5.73 Å². The van der Waals surface area contributed by atoms with E-state index in [2.05, 4.69) is 15.6 Å². The first-order chi connectivity index (χ1) is 16.9. The molecule has 0 bridgehead atoms. The number of alkyl halides is 6. The van der Waals surface area contributed by atoms with Crippen molar-refractivity contribution in [1.29, 1.82) is 0 Å². The summed E-state index contributed by atoms with van der Waals surface area (Å²) in [5, 5.41) is 9.62. The maximum absolute atomic E-state index is 13.2. The predicted molar refractivity (Wildman–Crippen MR) is 119 cm³/mol. The molecule has 0 spiro atoms. The molecule has 0 saturated heterocycles. The second kappa shape index (κ2) is 9.44. The minimum Gasteiger partial charge on any atom is -0.383 e. The summed E-state index contributed by atoms with van der Waals surface area (Å²) in [6, 6.07) is 4.55. The minimum absolute atomic E-state index is 0.167. The molecule has 1 unspecified atom stereocenters. The topological polar surface area (TPSA) is 142 Å². The van der Waals surface area contributed by atoms with Gasteiger partial charge in [-0.2, -0.15) is 31.4 Å². The highest BCUT2D eigenvalue weighted by Gasteiger charge is 2.51. The summed E-state index contributed by atoms with van der Waals surface area (Å²) in [7, 11) is 0. The van der Waals surface area contributed by atoms with E-state index in [-0.39, 0.29) is 29.1 Å². The molecule has 0 aliphatic carbocycles. The average Bonchev–Trinajstić information content (AvgIpc) is 3.37. The molecule has 9 nitrogen and oxygen atoms in total. The second-order valence-corrected chi connectivity index (χ2v) is 8.76. The number of rotatable bonds is 7. The van der Waals surface area contributed by atoms with E-state index in [1.807, 2.05) is 0 Å². The molecule has 3 aromatic rings. The molecule has 0 saturated carbocycles. The van der Waals surface area contributed by atoms with E-state index < -0.39 is 47.2 Å². The number of nitrogen functional groups attached to an aromatic ring is 1. The summed E-state index contributed by atoms with van der Waals surface area (Å²) in [6.45, 7) is 2.64. The first-order valence-electron chi connectivity index (χ1n) is 10.6. The van der Waals surface area contributed by atoms with Gasteiger partial charge in [0.25, 0.3) is 5.91 Å². The van der Waals surface area contributed by atoms with Crippen LogP contribution in [0.4, 0.5) is 38.0 Å². The van der Waals surface area contributed by atoms with Crippen LogP contribution >= 0.6 is 0 Å². The standard InChI is InChI=1S/C22H22F6N6O3/c1-10(21(23,24)25)34-18(29)16(19(30)36)17(32-34)12-6-4-11(5-7-12)8-15(35)31-14-9-13(37-33-14)20(2,3)22(26,27)28/h4-7,9-10H,8,29H2,1-3H3,(H2,30,36)(H,31,33,35). The van der Waals surface area contributed by atoms with Crippen molar-refractivity contribution in [2.45, 2.75) is 51.0 Å². The molecule has 0 aliphatic heterocycles. The molecule has 2 heterocycles. The molecule has 15 heteroatoms. The highest BCUT2D eigenvalue weighted by atomic mass is 19.4. The van der Waals surface area contributed by atoms with Crippen molar-refractivity contribution in [3.05, 3.63) is 47.2 Å². The van der Waals surface area contributed by atoms with E-state index in [4.69, 9.17) is 16.0 Å². The third kappa shape index (κ3) is 5.54. The lowest BCUT2D eigenvalue weighted by molar-refractivity contribution is -0.185. The number of carbonyl (C=O) groups is 2. The van der Waals surface area contributed by atoms with Crippen LogP contribution in [-0.2, 0) is 16.6 Å². The Labute approximate surface area is 205 Å². The number of aromatic nitrogens is 3. The lowest BCUT2D eigenvalue weighted by Crippen LogP contribution is -2.35. The normalized spacial score (nSPS) is 13.4. The van der Waals surface area contributed by atoms with Gasteiger partial charge in [-0.3, -0.25) is 9.59 Å². The highest BCUT2D eigenvalue weighted by Crippen LogP contribution is 2.41. The van der Waals surface area contributed by atoms with Crippen molar-refractivity contribution < 1.29 is 40.5 Å². The molecule has 2 aromatic heterocycles. The Morgan fingerprint density at radius 3 is 2.22 bits per heavy atom. The summed E-state index contributed by atoms with van der Waals surface area (Å²) in [5.74, 6) is -2.93. The number of hydrogen-bond donors (Lipinski definition) is 3. The van der Waals surface area contributed by atoms with Gasteiger partial charge in [0.2, 0.25) is 5.91 Å². The van der Waals surface area contributed by atoms with Crippen LogP contribution in [0.5, 0.6) is 0 Å². The van der Waals surface area contributed by atoms with Gasteiger partial charge in [0.15, 0.2) is 11.6 Å². The summed E-state index contributed by atoms with van der Waals surface area (Å²) < 4.78 is 84.2. The number of hydrogen-bond acceptors (Lipinski definition) is 6. The van der Waals surface area contributed by atoms with Gasteiger partial charge in [0.1, 0.15) is 28.5 Å². The van der Waals surface area contributed by atoms with Crippen LogP contribution in [-0.4, -0.2) is 39.1 Å². The van der Waals surface area contributed by atoms with Crippen LogP contribution in [0.25, 0.3) is 11.3 Å². The number of nitrogens with two attached hydrogens (primary N) is 2. The third-order valence-corrected chi connectivity index (χ3v) is 5.73. The van der Waals surface area contributed by atoms with Crippen LogP contribution in [0.15, 0.2) is 34.9 Å². The largest absolute Gasteiger partial charge is 0.410 e. The maximum atomic E-state index is 13.2. The predicted octanol–water partition coefficient (Wildman–Crippen LogP) is 4.36. The monoisotopic (exact) mass is 532 g/mol. The Balaban J connectivity index is 1.77. The van der Waals surface area contributed by atoms with Gasteiger partial charge in [-0.1, -0.05) is 29.4 Å². The number of nitrogens with zero attached hydrogens (tertiary/aromatic N) is 3. The van der Waals surface area contributed by atoms with Crippen molar-refractivity contribution in [3.8, 4) is 11.3 Å². The fourth-order valence-corrected chi connectivity index (χ4v) is 3.25. The molecule has 5 N–H and O–H groups in total. The Kier molecular flexibility index (Phi) is 7.03. The van der Waals surface area contributed by atoms with E-state index in [1.165, 1.54) is 24.3 Å². The number of anilines is 2. The lowest BCUT2D eigenvalue weighted by atomic mass is 9.89. The lowest BCUT2D eigenvalue weighted by Gasteiger charge is -2.24. The number of halogens is 6. The van der Waals surface area contributed by atoms with E-state index in [0.29, 0.717) is 10.2 Å². The fraction of sp³-hybridized carbons (Fsp3) is 0.364. The molecule has 0 fully saturated rings. The van der Waals surface area contributed by atoms with Crippen LogP contribution in [0.3, 0.4) is 0 Å². The van der Waals surface area contributed by atoms with E-state index >= 15 is 0 Å². The first-order valence-corrected chi connectivity index (χ1v) is 10.6. The SMILES string of the molecule is CC(n1nc(-c2ccc(CC(=O)Nc3cc(C(C)(C)C(F)(F)F)on3)cc2)c(C(N)=O)c1N)C(F)(F)F. The number of benzene rings is 1. The average molecular weight is 532 g/mol. The Morgan fingerprint density at radius 1 is 1.11 bits per heavy atom. The van der Waals surface area contributed by atoms with E-state index in [0.717, 1.165) is 26.8 Å². The molecule has 0 radical (unpaired) electrons. The minimum atomic E-state index is -4.68. The van der Waals surface area contributed by atoms with Gasteiger partial charge in [-0.15, -0.1) is 0 Å². The zero-order valence-corrected chi connectivity index (χ0v) is 19.7. The number of primary amides is 1. The van der Waals surface area contributed by atoms with Crippen LogP contribution in [0.1, 0.15) is 48.5 Å². The molecule has 37 heavy (non-hydrogen) atoms. The second-order valence-electron chi connectivity index (χ2n) is 8.76. The third-order valence-electron chi connectivity index (χ3n) is 5.73. The van der Waals surface area contributed by atoms with Gasteiger partial charge in [0, 0.05) is 11.6 Å². The van der Waals surface area contributed by atoms with Crippen LogP contribution in [0, 0.1) is 0 Å². The van der Waals surface area contributed by atoms with Crippen molar-refractivity contribution in [2.75, 3.05) is 11.1 Å². The van der Waals surface area contributed by atoms with Crippen molar-refractivity contribution in [3.63, 3.8) is 0 Å². The Bertz CT molecular complexity index is 1310. The van der Waals surface area contributed by atoms with Gasteiger partial charge >= 0.3 is 12.4 Å². The zero-order valence-electron chi connectivity index (χ0n) is 19.7. The van der Waals surface area contributed by atoms with Crippen molar-refractivity contribution >= 4 is 23.5 Å². The number of amides is 2. The number of carbonyl (C=O) groups excluding carboxylic acids is 2. The fourth-order valence-electron chi connectivity index (χ4n) is 3.25. The summed E-state index contributed by atoms with van der Waals surface area (Å²) in [6.07, 6.45) is -9.51. The van der Waals surface area contributed by atoms with Crippen LogP contribution < -0.4 is 16.8 Å². The number of nitrogens with one attached hydrogen (secondary N) is 1. The molecule has 2 amide bonds. The Hall–Kier alpha value is -4.04. The molecule has 200 valence electrons. The van der Waals surface area contributed by atoms with E-state index in [9.17, 15) is 35.9 Å². The van der Waals surface area contributed by atoms with Crippen LogP contribution in [0.2, 0.25) is 0 Å². The Morgan fingerprint density at radius 2 is 1.70 bits per heavy atom. The molecule has 3 rings (SSSR count). The molecule has 0 aliphatic rings. The molecule has 1 aromatic carbocycles.